The highest BCUT2D eigenvalue weighted by molar-refractivity contribution is 7.92. The average Bonchev–Trinajstić information content (AvgIpc) is 2.54. The predicted molar refractivity (Wildman–Crippen MR) is 100 cm³/mol. The number of benzene rings is 2. The molecule has 2 rings (SSSR count). The maximum atomic E-state index is 12.6. The Morgan fingerprint density at radius 2 is 1.84 bits per heavy atom. The molecule has 0 fully saturated rings. The van der Waals surface area contributed by atoms with Gasteiger partial charge in [0.05, 0.1) is 4.90 Å². The molecule has 0 saturated heterocycles. The second-order valence-corrected chi connectivity index (χ2v) is 7.74. The lowest BCUT2D eigenvalue weighted by Gasteiger charge is -2.12. The van der Waals surface area contributed by atoms with E-state index in [1.54, 1.807) is 31.2 Å². The molecule has 0 radical (unpaired) electrons. The number of anilines is 1. The SMILES string of the molecule is CCCCNC(=O)c1cc(S(=O)(=O)Nc2cccc(C)c2)ccc1C. The van der Waals surface area contributed by atoms with E-state index in [0.29, 0.717) is 17.8 Å². The van der Waals surface area contributed by atoms with Crippen molar-refractivity contribution in [2.45, 2.75) is 38.5 Å². The second-order valence-electron chi connectivity index (χ2n) is 6.06. The largest absolute Gasteiger partial charge is 0.352 e. The minimum absolute atomic E-state index is 0.0697. The summed E-state index contributed by atoms with van der Waals surface area (Å²) in [5.41, 5.74) is 2.57. The van der Waals surface area contributed by atoms with E-state index in [1.165, 1.54) is 12.1 Å². The maximum Gasteiger partial charge on any atom is 0.261 e. The highest BCUT2D eigenvalue weighted by atomic mass is 32.2. The Kier molecular flexibility index (Phi) is 6.20. The molecule has 2 aromatic carbocycles. The summed E-state index contributed by atoms with van der Waals surface area (Å²) in [5.74, 6) is -0.251. The van der Waals surface area contributed by atoms with Gasteiger partial charge < -0.3 is 5.32 Å². The molecule has 0 bridgehead atoms. The Morgan fingerprint density at radius 3 is 2.52 bits per heavy atom. The van der Waals surface area contributed by atoms with E-state index in [9.17, 15) is 13.2 Å². The van der Waals surface area contributed by atoms with Crippen LogP contribution in [0.1, 0.15) is 41.3 Å². The van der Waals surface area contributed by atoms with Gasteiger partial charge in [-0.25, -0.2) is 8.42 Å². The first-order valence-electron chi connectivity index (χ1n) is 8.32. The zero-order valence-electron chi connectivity index (χ0n) is 14.8. The van der Waals surface area contributed by atoms with Gasteiger partial charge >= 0.3 is 0 Å². The van der Waals surface area contributed by atoms with Gasteiger partial charge in [-0.15, -0.1) is 0 Å². The van der Waals surface area contributed by atoms with Crippen molar-refractivity contribution < 1.29 is 13.2 Å². The van der Waals surface area contributed by atoms with Gasteiger partial charge in [0.25, 0.3) is 15.9 Å². The standard InChI is InChI=1S/C19H24N2O3S/c1-4-5-11-20-19(22)18-13-17(10-9-15(18)3)25(23,24)21-16-8-6-7-14(2)12-16/h6-10,12-13,21H,4-5,11H2,1-3H3,(H,20,22). The smallest absolute Gasteiger partial charge is 0.261 e. The van der Waals surface area contributed by atoms with E-state index in [-0.39, 0.29) is 10.8 Å². The van der Waals surface area contributed by atoms with Crippen molar-refractivity contribution in [2.75, 3.05) is 11.3 Å². The van der Waals surface area contributed by atoms with Gasteiger partial charge in [0.1, 0.15) is 0 Å². The number of unbranched alkanes of at least 4 members (excludes halogenated alkanes) is 1. The Bertz CT molecular complexity index is 861. The van der Waals surface area contributed by atoms with Crippen LogP contribution in [0.5, 0.6) is 0 Å². The van der Waals surface area contributed by atoms with Gasteiger partial charge in [0, 0.05) is 17.8 Å². The van der Waals surface area contributed by atoms with E-state index in [1.807, 2.05) is 19.9 Å². The molecule has 2 aromatic rings. The summed E-state index contributed by atoms with van der Waals surface area (Å²) in [4.78, 5) is 12.4. The third-order valence-corrected chi connectivity index (χ3v) is 5.23. The fraction of sp³-hybridized carbons (Fsp3) is 0.316. The topological polar surface area (TPSA) is 75.3 Å². The van der Waals surface area contributed by atoms with Crippen LogP contribution in [-0.4, -0.2) is 20.9 Å². The van der Waals surface area contributed by atoms with Crippen LogP contribution in [0, 0.1) is 13.8 Å². The number of carbonyl (C=O) groups excluding carboxylic acids is 1. The summed E-state index contributed by atoms with van der Waals surface area (Å²) < 4.78 is 27.8. The van der Waals surface area contributed by atoms with E-state index < -0.39 is 10.0 Å². The quantitative estimate of drug-likeness (QED) is 0.740. The monoisotopic (exact) mass is 360 g/mol. The number of hydrogen-bond donors (Lipinski definition) is 2. The molecule has 0 aliphatic rings. The summed E-state index contributed by atoms with van der Waals surface area (Å²) in [7, 11) is -3.76. The predicted octanol–water partition coefficient (Wildman–Crippen LogP) is 3.63. The Hall–Kier alpha value is -2.34. The number of carbonyl (C=O) groups is 1. The number of hydrogen-bond acceptors (Lipinski definition) is 3. The summed E-state index contributed by atoms with van der Waals surface area (Å²) in [6, 6.07) is 11.7. The molecule has 5 nitrogen and oxygen atoms in total. The van der Waals surface area contributed by atoms with Crippen molar-refractivity contribution in [1.82, 2.24) is 5.32 Å². The number of nitrogens with one attached hydrogen (secondary N) is 2. The number of rotatable bonds is 7. The van der Waals surface area contributed by atoms with E-state index in [4.69, 9.17) is 0 Å². The van der Waals surface area contributed by atoms with Crippen molar-refractivity contribution in [3.05, 3.63) is 59.2 Å². The van der Waals surface area contributed by atoms with Crippen molar-refractivity contribution in [3.63, 3.8) is 0 Å². The van der Waals surface area contributed by atoms with Gasteiger partial charge in [0.15, 0.2) is 0 Å². The van der Waals surface area contributed by atoms with Crippen LogP contribution in [0.4, 0.5) is 5.69 Å². The Balaban J connectivity index is 2.26. The van der Waals surface area contributed by atoms with Gasteiger partial charge in [-0.05, 0) is 55.7 Å². The summed E-state index contributed by atoms with van der Waals surface area (Å²) >= 11 is 0. The molecule has 0 atom stereocenters. The summed E-state index contributed by atoms with van der Waals surface area (Å²) in [6.45, 7) is 6.30. The molecule has 0 spiro atoms. The highest BCUT2D eigenvalue weighted by Crippen LogP contribution is 2.20. The first-order chi connectivity index (χ1) is 11.8. The van der Waals surface area contributed by atoms with Crippen molar-refractivity contribution in [2.24, 2.45) is 0 Å². The maximum absolute atomic E-state index is 12.6. The Labute approximate surface area is 149 Å². The summed E-state index contributed by atoms with van der Waals surface area (Å²) in [5, 5.41) is 2.82. The first kappa shape index (κ1) is 19.0. The van der Waals surface area contributed by atoms with Gasteiger partial charge in [0.2, 0.25) is 0 Å². The van der Waals surface area contributed by atoms with Crippen LogP contribution in [-0.2, 0) is 10.0 Å². The molecule has 0 heterocycles. The normalized spacial score (nSPS) is 11.2. The molecule has 2 N–H and O–H groups in total. The molecule has 25 heavy (non-hydrogen) atoms. The molecule has 6 heteroatoms. The number of amides is 1. The minimum Gasteiger partial charge on any atom is -0.352 e. The highest BCUT2D eigenvalue weighted by Gasteiger charge is 2.18. The molecule has 0 unspecified atom stereocenters. The minimum atomic E-state index is -3.76. The molecule has 0 aliphatic carbocycles. The zero-order valence-corrected chi connectivity index (χ0v) is 15.6. The van der Waals surface area contributed by atoms with Crippen molar-refractivity contribution in [3.8, 4) is 0 Å². The molecule has 0 saturated carbocycles. The van der Waals surface area contributed by atoms with Gasteiger partial charge in [-0.2, -0.15) is 0 Å². The van der Waals surface area contributed by atoms with Crippen LogP contribution in [0.15, 0.2) is 47.4 Å². The third-order valence-electron chi connectivity index (χ3n) is 3.85. The number of sulfonamides is 1. The van der Waals surface area contributed by atoms with E-state index in [2.05, 4.69) is 10.0 Å². The van der Waals surface area contributed by atoms with Gasteiger partial charge in [-0.3, -0.25) is 9.52 Å². The molecule has 0 aliphatic heterocycles. The van der Waals surface area contributed by atoms with Crippen LogP contribution < -0.4 is 10.0 Å². The van der Waals surface area contributed by atoms with Crippen LogP contribution in [0.25, 0.3) is 0 Å². The molecular weight excluding hydrogens is 336 g/mol. The van der Waals surface area contributed by atoms with E-state index >= 15 is 0 Å². The van der Waals surface area contributed by atoms with Crippen LogP contribution in [0.3, 0.4) is 0 Å². The van der Waals surface area contributed by atoms with Crippen molar-refractivity contribution in [1.29, 1.82) is 0 Å². The lowest BCUT2D eigenvalue weighted by Crippen LogP contribution is -2.25. The summed E-state index contributed by atoms with van der Waals surface area (Å²) in [6.07, 6.45) is 1.87. The van der Waals surface area contributed by atoms with E-state index in [0.717, 1.165) is 24.0 Å². The molecule has 0 aromatic heterocycles. The zero-order chi connectivity index (χ0) is 18.4. The lowest BCUT2D eigenvalue weighted by atomic mass is 10.1. The molecule has 1 amide bonds. The fourth-order valence-corrected chi connectivity index (χ4v) is 3.48. The first-order valence-corrected chi connectivity index (χ1v) is 9.80. The third kappa shape index (κ3) is 5.06. The number of aryl methyl sites for hydroxylation is 2. The fourth-order valence-electron chi connectivity index (χ4n) is 2.41. The second kappa shape index (κ2) is 8.16. The van der Waals surface area contributed by atoms with Crippen LogP contribution in [0.2, 0.25) is 0 Å². The van der Waals surface area contributed by atoms with Crippen molar-refractivity contribution >= 4 is 21.6 Å². The lowest BCUT2D eigenvalue weighted by molar-refractivity contribution is 0.0952. The molecule has 134 valence electrons. The average molecular weight is 360 g/mol. The van der Waals surface area contributed by atoms with Gasteiger partial charge in [-0.1, -0.05) is 31.5 Å². The Morgan fingerprint density at radius 1 is 1.08 bits per heavy atom. The molecular formula is C19H24N2O3S. The van der Waals surface area contributed by atoms with Crippen LogP contribution >= 0.6 is 0 Å².